The lowest BCUT2D eigenvalue weighted by Gasteiger charge is -1.97. The van der Waals surface area contributed by atoms with Gasteiger partial charge in [0.15, 0.2) is 5.82 Å². The Kier molecular flexibility index (Phi) is 4.47. The van der Waals surface area contributed by atoms with E-state index in [1.165, 1.54) is 6.08 Å². The van der Waals surface area contributed by atoms with Crippen LogP contribution in [0.25, 0.3) is 6.08 Å². The topological polar surface area (TPSA) is 75.6 Å². The number of nitrogens with one attached hydrogen (secondary N) is 2. The Hall–Kier alpha value is -2.08. The summed E-state index contributed by atoms with van der Waals surface area (Å²) in [4.78, 5) is 11.9. The van der Waals surface area contributed by atoms with Gasteiger partial charge in [0.05, 0.1) is 5.69 Å². The highest BCUT2D eigenvalue weighted by Gasteiger charge is 2.09. The molecule has 0 saturated carbocycles. The fraction of sp³-hybridized carbons (Fsp3) is 0.357. The number of anilines is 1. The van der Waals surface area contributed by atoms with Crippen molar-refractivity contribution in [1.82, 2.24) is 20.0 Å². The van der Waals surface area contributed by atoms with Gasteiger partial charge in [-0.15, -0.1) is 0 Å². The lowest BCUT2D eigenvalue weighted by Crippen LogP contribution is -2.07. The summed E-state index contributed by atoms with van der Waals surface area (Å²) >= 11 is 6.10. The number of hydrogen-bond donors (Lipinski definition) is 2. The molecule has 2 N–H and O–H groups in total. The third kappa shape index (κ3) is 3.52. The molecule has 2 aromatic heterocycles. The quantitative estimate of drug-likeness (QED) is 0.853. The molecule has 0 aromatic carbocycles. The molecule has 2 aromatic rings. The van der Waals surface area contributed by atoms with Crippen molar-refractivity contribution in [3.63, 3.8) is 0 Å². The van der Waals surface area contributed by atoms with E-state index in [4.69, 9.17) is 11.6 Å². The predicted octanol–water partition coefficient (Wildman–Crippen LogP) is 2.88. The first-order valence-electron chi connectivity index (χ1n) is 6.62. The molecule has 0 aliphatic rings. The molecule has 0 atom stereocenters. The minimum Gasteiger partial charge on any atom is -0.306 e. The van der Waals surface area contributed by atoms with Crippen molar-refractivity contribution < 1.29 is 4.79 Å². The van der Waals surface area contributed by atoms with E-state index in [2.05, 4.69) is 20.6 Å². The van der Waals surface area contributed by atoms with Gasteiger partial charge in [-0.05, 0) is 18.9 Å². The standard InChI is InChI=1S/C14H18ClN5O/c1-8(2)11-7-12(18-17-11)16-13(21)6-5-10-9(3)19-20(4)14(10)15/h5-8H,1-4H3,(H2,16,17,18,21)/b6-5+. The molecule has 0 saturated heterocycles. The van der Waals surface area contributed by atoms with Crippen LogP contribution in [-0.2, 0) is 11.8 Å². The maximum atomic E-state index is 11.9. The molecule has 7 heteroatoms. The van der Waals surface area contributed by atoms with Crippen LogP contribution in [0.5, 0.6) is 0 Å². The van der Waals surface area contributed by atoms with Crippen LogP contribution in [0, 0.1) is 6.92 Å². The van der Waals surface area contributed by atoms with Crippen LogP contribution in [0.4, 0.5) is 5.82 Å². The molecule has 2 rings (SSSR count). The highest BCUT2D eigenvalue weighted by Crippen LogP contribution is 2.20. The number of aromatic amines is 1. The Balaban J connectivity index is 2.05. The highest BCUT2D eigenvalue weighted by atomic mass is 35.5. The van der Waals surface area contributed by atoms with E-state index in [1.807, 2.05) is 26.8 Å². The molecule has 0 fully saturated rings. The number of nitrogens with zero attached hydrogens (tertiary/aromatic N) is 3. The van der Waals surface area contributed by atoms with Gasteiger partial charge in [0.1, 0.15) is 5.15 Å². The number of aromatic nitrogens is 4. The van der Waals surface area contributed by atoms with E-state index in [0.717, 1.165) is 17.0 Å². The highest BCUT2D eigenvalue weighted by molar-refractivity contribution is 6.31. The van der Waals surface area contributed by atoms with Gasteiger partial charge in [0.25, 0.3) is 0 Å². The number of hydrogen-bond acceptors (Lipinski definition) is 3. The van der Waals surface area contributed by atoms with Gasteiger partial charge >= 0.3 is 0 Å². The molecule has 0 aliphatic heterocycles. The largest absolute Gasteiger partial charge is 0.306 e. The molecular weight excluding hydrogens is 290 g/mol. The minimum atomic E-state index is -0.267. The normalized spacial score (nSPS) is 11.5. The SMILES string of the molecule is Cc1nn(C)c(Cl)c1/C=C/C(=O)Nc1cc(C(C)C)[nH]n1. The van der Waals surface area contributed by atoms with Crippen molar-refractivity contribution in [1.29, 1.82) is 0 Å². The average molecular weight is 308 g/mol. The number of amides is 1. The summed E-state index contributed by atoms with van der Waals surface area (Å²) in [5.41, 5.74) is 2.48. The van der Waals surface area contributed by atoms with Gasteiger partial charge in [-0.1, -0.05) is 25.4 Å². The van der Waals surface area contributed by atoms with E-state index in [0.29, 0.717) is 16.9 Å². The van der Waals surface area contributed by atoms with Gasteiger partial charge in [0, 0.05) is 30.4 Å². The van der Waals surface area contributed by atoms with Crippen molar-refractivity contribution in [3.8, 4) is 0 Å². The molecular formula is C14H18ClN5O. The molecule has 2 heterocycles. The van der Waals surface area contributed by atoms with Gasteiger partial charge in [-0.2, -0.15) is 10.2 Å². The Morgan fingerprint density at radius 2 is 2.24 bits per heavy atom. The number of carbonyl (C=O) groups excluding carboxylic acids is 1. The van der Waals surface area contributed by atoms with Crippen LogP contribution >= 0.6 is 11.6 Å². The van der Waals surface area contributed by atoms with Crippen LogP contribution in [0.2, 0.25) is 5.15 Å². The Labute approximate surface area is 128 Å². The maximum absolute atomic E-state index is 11.9. The van der Waals surface area contributed by atoms with E-state index in [-0.39, 0.29) is 5.91 Å². The number of rotatable bonds is 4. The van der Waals surface area contributed by atoms with Gasteiger partial charge in [0.2, 0.25) is 5.91 Å². The van der Waals surface area contributed by atoms with E-state index < -0.39 is 0 Å². The summed E-state index contributed by atoms with van der Waals surface area (Å²) in [6, 6.07) is 1.82. The summed E-state index contributed by atoms with van der Waals surface area (Å²) in [6.07, 6.45) is 3.07. The van der Waals surface area contributed by atoms with Crippen molar-refractivity contribution in [2.24, 2.45) is 7.05 Å². The summed E-state index contributed by atoms with van der Waals surface area (Å²) in [7, 11) is 1.75. The fourth-order valence-corrected chi connectivity index (χ4v) is 2.10. The summed E-state index contributed by atoms with van der Waals surface area (Å²) in [6.45, 7) is 5.93. The lowest BCUT2D eigenvalue weighted by molar-refractivity contribution is -0.111. The summed E-state index contributed by atoms with van der Waals surface area (Å²) in [5, 5.41) is 14.3. The van der Waals surface area contributed by atoms with E-state index in [1.54, 1.807) is 17.8 Å². The zero-order chi connectivity index (χ0) is 15.6. The number of halogens is 1. The summed E-state index contributed by atoms with van der Waals surface area (Å²) in [5.74, 6) is 0.564. The Bertz CT molecular complexity index is 684. The minimum absolute atomic E-state index is 0.267. The molecule has 21 heavy (non-hydrogen) atoms. The van der Waals surface area contributed by atoms with Crippen molar-refractivity contribution in [2.75, 3.05) is 5.32 Å². The number of aryl methyl sites for hydroxylation is 2. The van der Waals surface area contributed by atoms with Gasteiger partial charge in [-0.25, -0.2) is 0 Å². The monoisotopic (exact) mass is 307 g/mol. The second-order valence-corrected chi connectivity index (χ2v) is 5.46. The molecule has 0 unspecified atom stereocenters. The predicted molar refractivity (Wildman–Crippen MR) is 83.3 cm³/mol. The van der Waals surface area contributed by atoms with Crippen molar-refractivity contribution >= 4 is 29.4 Å². The Morgan fingerprint density at radius 3 is 2.76 bits per heavy atom. The van der Waals surface area contributed by atoms with Crippen LogP contribution in [0.3, 0.4) is 0 Å². The summed E-state index contributed by atoms with van der Waals surface area (Å²) < 4.78 is 1.57. The second-order valence-electron chi connectivity index (χ2n) is 5.10. The molecule has 0 aliphatic carbocycles. The first-order valence-corrected chi connectivity index (χ1v) is 6.99. The first kappa shape index (κ1) is 15.3. The molecule has 0 bridgehead atoms. The van der Waals surface area contributed by atoms with Crippen LogP contribution in [-0.4, -0.2) is 25.9 Å². The zero-order valence-electron chi connectivity index (χ0n) is 12.4. The van der Waals surface area contributed by atoms with Crippen LogP contribution in [0.15, 0.2) is 12.1 Å². The second kappa shape index (κ2) is 6.13. The number of H-pyrrole nitrogens is 1. The van der Waals surface area contributed by atoms with Crippen molar-refractivity contribution in [2.45, 2.75) is 26.7 Å². The Morgan fingerprint density at radius 1 is 1.52 bits per heavy atom. The number of carbonyl (C=O) groups is 1. The lowest BCUT2D eigenvalue weighted by atomic mass is 10.1. The van der Waals surface area contributed by atoms with E-state index in [9.17, 15) is 4.79 Å². The molecule has 0 radical (unpaired) electrons. The molecule has 0 spiro atoms. The molecule has 6 nitrogen and oxygen atoms in total. The van der Waals surface area contributed by atoms with Gasteiger partial charge < -0.3 is 5.32 Å². The van der Waals surface area contributed by atoms with Crippen molar-refractivity contribution in [3.05, 3.63) is 34.2 Å². The molecule has 1 amide bonds. The third-order valence-electron chi connectivity index (χ3n) is 3.07. The van der Waals surface area contributed by atoms with Crippen LogP contribution < -0.4 is 5.32 Å². The first-order chi connectivity index (χ1) is 9.88. The average Bonchev–Trinajstić information content (AvgIpc) is 2.95. The van der Waals surface area contributed by atoms with E-state index >= 15 is 0 Å². The zero-order valence-corrected chi connectivity index (χ0v) is 13.2. The molecule has 112 valence electrons. The third-order valence-corrected chi connectivity index (χ3v) is 3.52. The van der Waals surface area contributed by atoms with Gasteiger partial charge in [-0.3, -0.25) is 14.6 Å². The maximum Gasteiger partial charge on any atom is 0.249 e. The fourth-order valence-electron chi connectivity index (χ4n) is 1.86. The smallest absolute Gasteiger partial charge is 0.249 e. The van der Waals surface area contributed by atoms with Crippen LogP contribution in [0.1, 0.15) is 36.7 Å².